The molecule has 0 aromatic heterocycles. The minimum atomic E-state index is -5.04. The van der Waals surface area contributed by atoms with E-state index in [0.29, 0.717) is 12.5 Å². The monoisotopic (exact) mass is 430 g/mol. The van der Waals surface area contributed by atoms with E-state index in [1.807, 2.05) is 0 Å². The molecule has 154 valence electrons. The number of ether oxygens (including phenoxy) is 1. The van der Waals surface area contributed by atoms with Crippen molar-refractivity contribution in [2.24, 2.45) is 5.92 Å². The quantitative estimate of drug-likeness (QED) is 0.149. The molecule has 0 aliphatic carbocycles. The van der Waals surface area contributed by atoms with Gasteiger partial charge in [0.15, 0.2) is 0 Å². The van der Waals surface area contributed by atoms with E-state index in [2.05, 4.69) is 24.0 Å². The summed E-state index contributed by atoms with van der Waals surface area (Å²) in [6.45, 7) is 3.51. The van der Waals surface area contributed by atoms with Crippen LogP contribution >= 0.6 is 0 Å². The van der Waals surface area contributed by atoms with E-state index in [0.717, 1.165) is 19.3 Å². The number of imide groups is 1. The van der Waals surface area contributed by atoms with Crippen LogP contribution in [0.25, 0.3) is 0 Å². The Bertz CT molecular complexity index is 681. The predicted molar refractivity (Wildman–Crippen MR) is 88.6 cm³/mol. The van der Waals surface area contributed by atoms with Crippen LogP contribution in [0, 0.1) is 5.92 Å². The van der Waals surface area contributed by atoms with Gasteiger partial charge in [-0.2, -0.15) is 0 Å². The summed E-state index contributed by atoms with van der Waals surface area (Å²) < 4.78 is 37.4. The molecule has 1 unspecified atom stereocenters. The maximum absolute atomic E-state index is 11.6. The summed E-state index contributed by atoms with van der Waals surface area (Å²) in [6.07, 6.45) is 1.96. The van der Waals surface area contributed by atoms with Gasteiger partial charge in [0.2, 0.25) is 5.91 Å². The second-order valence-corrected chi connectivity index (χ2v) is 7.96. The molecule has 28 heavy (non-hydrogen) atoms. The first kappa shape index (κ1) is 27.0. The van der Waals surface area contributed by atoms with E-state index in [9.17, 15) is 32.1 Å². The summed E-state index contributed by atoms with van der Waals surface area (Å²) >= 11 is 0. The molecule has 1 atom stereocenters. The summed E-state index contributed by atoms with van der Waals surface area (Å²) in [5.74, 6) is -3.60. The van der Waals surface area contributed by atoms with Gasteiger partial charge in [-0.3, -0.25) is 14.4 Å². The van der Waals surface area contributed by atoms with Gasteiger partial charge in [0.05, 0.1) is 6.42 Å². The molecular formula is C15H23N2NaO9S. The van der Waals surface area contributed by atoms with Crippen LogP contribution in [0.4, 0.5) is 0 Å². The molecule has 1 N–H and O–H groups in total. The molecule has 0 spiro atoms. The molecule has 13 heteroatoms. The minimum absolute atomic E-state index is 0. The SMILES string of the molecule is CC(C)CCCCNC(=O)COCC(=O)ON1C(=O)CC(S(=O)(=O)[O-])C1=O.[Na+]. The van der Waals surface area contributed by atoms with Gasteiger partial charge in [-0.1, -0.05) is 26.7 Å². The van der Waals surface area contributed by atoms with Crippen molar-refractivity contribution in [2.75, 3.05) is 19.8 Å². The topological polar surface area (TPSA) is 159 Å². The number of rotatable bonds is 11. The molecule has 1 aliphatic heterocycles. The van der Waals surface area contributed by atoms with E-state index >= 15 is 0 Å². The average Bonchev–Trinajstić information content (AvgIpc) is 2.82. The van der Waals surface area contributed by atoms with Gasteiger partial charge in [-0.15, -0.1) is 5.06 Å². The van der Waals surface area contributed by atoms with Crippen molar-refractivity contribution in [1.29, 1.82) is 0 Å². The van der Waals surface area contributed by atoms with Crippen molar-refractivity contribution < 1.29 is 71.3 Å². The first-order chi connectivity index (χ1) is 12.5. The van der Waals surface area contributed by atoms with Crippen LogP contribution in [-0.4, -0.2) is 66.7 Å². The van der Waals surface area contributed by atoms with Crippen LogP contribution in [0.15, 0.2) is 0 Å². The number of carbonyl (C=O) groups excluding carboxylic acids is 4. The Labute approximate surface area is 185 Å². The summed E-state index contributed by atoms with van der Waals surface area (Å²) in [7, 11) is -5.04. The van der Waals surface area contributed by atoms with Crippen LogP contribution in [0.5, 0.6) is 0 Å². The second-order valence-electron chi connectivity index (χ2n) is 6.41. The maximum Gasteiger partial charge on any atom is 1.00 e. The summed E-state index contributed by atoms with van der Waals surface area (Å²) in [4.78, 5) is 50.6. The van der Waals surface area contributed by atoms with E-state index < -0.39 is 58.7 Å². The van der Waals surface area contributed by atoms with Gasteiger partial charge >= 0.3 is 35.5 Å². The third kappa shape index (κ3) is 9.43. The Balaban J connectivity index is 0.00000729. The molecule has 1 saturated heterocycles. The molecule has 0 aromatic rings. The zero-order valence-electron chi connectivity index (χ0n) is 16.1. The van der Waals surface area contributed by atoms with Gasteiger partial charge in [-0.05, 0) is 12.3 Å². The molecule has 1 rings (SSSR count). The fraction of sp³-hybridized carbons (Fsp3) is 0.733. The van der Waals surface area contributed by atoms with Crippen molar-refractivity contribution >= 4 is 33.8 Å². The number of nitrogens with one attached hydrogen (secondary N) is 1. The van der Waals surface area contributed by atoms with Crippen LogP contribution in [0.3, 0.4) is 0 Å². The molecule has 0 aromatic carbocycles. The van der Waals surface area contributed by atoms with Crippen LogP contribution in [0.1, 0.15) is 39.5 Å². The van der Waals surface area contributed by atoms with Gasteiger partial charge in [0.25, 0.3) is 11.8 Å². The predicted octanol–water partition coefficient (Wildman–Crippen LogP) is -3.92. The molecular weight excluding hydrogens is 407 g/mol. The number of hydrogen-bond acceptors (Lipinski definition) is 9. The standard InChI is InChI=1S/C15H24N2O9S.Na/c1-10(2)5-3-4-6-16-12(18)8-25-9-14(20)26-17-13(19)7-11(15(17)21)27(22,23)24;/h10-11H,3-9H2,1-2H3,(H,16,18)(H,22,23,24);/q;+1/p-1. The number of unbranched alkanes of at least 4 members (excludes halogenated alkanes) is 1. The van der Waals surface area contributed by atoms with Gasteiger partial charge < -0.3 is 19.4 Å². The third-order valence-electron chi connectivity index (χ3n) is 3.59. The molecule has 1 aliphatic rings. The summed E-state index contributed by atoms with van der Waals surface area (Å²) in [5.41, 5.74) is 0. The van der Waals surface area contributed by atoms with Gasteiger partial charge in [0, 0.05) is 6.54 Å². The van der Waals surface area contributed by atoms with Crippen molar-refractivity contribution in [1.82, 2.24) is 10.4 Å². The minimum Gasteiger partial charge on any atom is -0.747 e. The molecule has 0 bridgehead atoms. The van der Waals surface area contributed by atoms with Crippen LogP contribution in [0.2, 0.25) is 0 Å². The second kappa shape index (κ2) is 12.5. The Morgan fingerprint density at radius 1 is 1.25 bits per heavy atom. The number of hydroxylamine groups is 2. The first-order valence-corrected chi connectivity index (χ1v) is 9.86. The fourth-order valence-corrected chi connectivity index (χ4v) is 2.90. The van der Waals surface area contributed by atoms with Crippen LogP contribution < -0.4 is 34.9 Å². The summed E-state index contributed by atoms with van der Waals surface area (Å²) in [6, 6.07) is 0. The first-order valence-electron chi connectivity index (χ1n) is 8.39. The van der Waals surface area contributed by atoms with E-state index in [-0.39, 0.29) is 34.6 Å². The van der Waals surface area contributed by atoms with Crippen molar-refractivity contribution in [3.63, 3.8) is 0 Å². The average molecular weight is 430 g/mol. The smallest absolute Gasteiger partial charge is 0.747 e. The zero-order chi connectivity index (χ0) is 20.6. The number of hydrogen-bond donors (Lipinski definition) is 1. The molecule has 0 saturated carbocycles. The Hall–Kier alpha value is -1.05. The van der Waals surface area contributed by atoms with Crippen molar-refractivity contribution in [3.05, 3.63) is 0 Å². The fourth-order valence-electron chi connectivity index (χ4n) is 2.22. The largest absolute Gasteiger partial charge is 1.00 e. The summed E-state index contributed by atoms with van der Waals surface area (Å²) in [5, 5.41) is 0.424. The molecule has 1 fully saturated rings. The van der Waals surface area contributed by atoms with E-state index in [1.165, 1.54) is 0 Å². The van der Waals surface area contributed by atoms with E-state index in [1.54, 1.807) is 0 Å². The normalized spacial score (nSPS) is 16.9. The third-order valence-corrected chi connectivity index (χ3v) is 4.65. The Morgan fingerprint density at radius 2 is 1.89 bits per heavy atom. The molecule has 0 radical (unpaired) electrons. The van der Waals surface area contributed by atoms with Gasteiger partial charge in [-0.25, -0.2) is 13.2 Å². The zero-order valence-corrected chi connectivity index (χ0v) is 19.0. The molecule has 11 nitrogen and oxygen atoms in total. The molecule has 1 heterocycles. The molecule has 3 amide bonds. The number of nitrogens with zero attached hydrogens (tertiary/aromatic N) is 1. The van der Waals surface area contributed by atoms with Crippen molar-refractivity contribution in [3.8, 4) is 0 Å². The van der Waals surface area contributed by atoms with Gasteiger partial charge in [0.1, 0.15) is 28.6 Å². The number of amides is 3. The van der Waals surface area contributed by atoms with Crippen molar-refractivity contribution in [2.45, 2.75) is 44.8 Å². The van der Waals surface area contributed by atoms with E-state index in [4.69, 9.17) is 4.74 Å². The Kier molecular flexibility index (Phi) is 12.0. The Morgan fingerprint density at radius 3 is 2.43 bits per heavy atom. The van der Waals surface area contributed by atoms with Crippen LogP contribution in [-0.2, 0) is 38.9 Å². The number of carbonyl (C=O) groups is 4. The maximum atomic E-state index is 11.6.